The second kappa shape index (κ2) is 10.1. The van der Waals surface area contributed by atoms with Gasteiger partial charge in [0.2, 0.25) is 5.91 Å². The van der Waals surface area contributed by atoms with Crippen LogP contribution in [0.3, 0.4) is 0 Å². The van der Waals surface area contributed by atoms with Crippen LogP contribution in [-0.2, 0) is 4.79 Å². The first-order valence-corrected chi connectivity index (χ1v) is 8.82. The number of pyridine rings is 1. The topological polar surface area (TPSA) is 66.9 Å². The number of thioether (sulfide) groups is 1. The van der Waals surface area contributed by atoms with Gasteiger partial charge in [0.15, 0.2) is 5.13 Å². The molecule has 2 aromatic rings. The molecule has 0 saturated carbocycles. The van der Waals surface area contributed by atoms with Crippen molar-refractivity contribution in [2.75, 3.05) is 23.4 Å². The molecule has 9 heteroatoms. The Morgan fingerprint density at radius 1 is 1.35 bits per heavy atom. The summed E-state index contributed by atoms with van der Waals surface area (Å²) < 4.78 is 0. The largest absolute Gasteiger partial charge is 0.312 e. The van der Waals surface area contributed by atoms with Gasteiger partial charge in [-0.25, -0.2) is 4.98 Å². The number of hydrogen-bond donors (Lipinski definition) is 2. The third-order valence-corrected chi connectivity index (χ3v) is 5.00. The van der Waals surface area contributed by atoms with E-state index < -0.39 is 0 Å². The Bertz CT molecular complexity index is 606. The van der Waals surface area contributed by atoms with Crippen molar-refractivity contribution < 1.29 is 4.79 Å². The third kappa shape index (κ3) is 5.93. The highest BCUT2D eigenvalue weighted by atomic mass is 35.5. The monoisotopic (exact) mass is 392 g/mol. The van der Waals surface area contributed by atoms with E-state index in [2.05, 4.69) is 20.6 Å². The number of hydrogen-bond acceptors (Lipinski definition) is 6. The molecule has 0 aromatic carbocycles. The fraction of sp³-hybridized carbons (Fsp3) is 0.357. The Labute approximate surface area is 155 Å². The van der Waals surface area contributed by atoms with Crippen LogP contribution in [0.5, 0.6) is 0 Å². The quantitative estimate of drug-likeness (QED) is 0.836. The highest BCUT2D eigenvalue weighted by Gasteiger charge is 2.17. The summed E-state index contributed by atoms with van der Waals surface area (Å²) >= 11 is 3.31. The van der Waals surface area contributed by atoms with E-state index in [1.807, 2.05) is 35.3 Å². The van der Waals surface area contributed by atoms with Crippen LogP contribution in [-0.4, -0.2) is 40.0 Å². The van der Waals surface area contributed by atoms with E-state index in [0.29, 0.717) is 11.6 Å². The van der Waals surface area contributed by atoms with E-state index >= 15 is 0 Å². The van der Waals surface area contributed by atoms with Gasteiger partial charge in [0, 0.05) is 42.1 Å². The summed E-state index contributed by atoms with van der Waals surface area (Å²) in [6.45, 7) is 0.976. The fourth-order valence-electron chi connectivity index (χ4n) is 2.11. The number of nitrogens with zero attached hydrogens (tertiary/aromatic N) is 2. The van der Waals surface area contributed by atoms with Crippen molar-refractivity contribution in [2.45, 2.75) is 12.5 Å². The average molecular weight is 393 g/mol. The minimum Gasteiger partial charge on any atom is -0.312 e. The maximum Gasteiger partial charge on any atom is 0.227 e. The Hall–Kier alpha value is -0.860. The summed E-state index contributed by atoms with van der Waals surface area (Å²) in [7, 11) is 0. The Balaban J connectivity index is 0.00000132. The molecule has 5 nitrogen and oxygen atoms in total. The summed E-state index contributed by atoms with van der Waals surface area (Å²) in [4.78, 5) is 20.7. The van der Waals surface area contributed by atoms with E-state index in [-0.39, 0.29) is 36.8 Å². The zero-order valence-corrected chi connectivity index (χ0v) is 15.5. The van der Waals surface area contributed by atoms with Crippen LogP contribution in [0, 0.1) is 0 Å². The molecule has 3 heterocycles. The van der Waals surface area contributed by atoms with Crippen molar-refractivity contribution in [3.05, 3.63) is 29.8 Å². The Morgan fingerprint density at radius 2 is 2.22 bits per heavy atom. The lowest BCUT2D eigenvalue weighted by molar-refractivity contribution is -0.116. The van der Waals surface area contributed by atoms with Gasteiger partial charge >= 0.3 is 0 Å². The molecule has 1 amide bonds. The van der Waals surface area contributed by atoms with Gasteiger partial charge in [-0.3, -0.25) is 9.78 Å². The zero-order chi connectivity index (χ0) is 14.5. The zero-order valence-electron chi connectivity index (χ0n) is 12.2. The number of thiazole rings is 1. The maximum atomic E-state index is 12.0. The molecule has 1 atom stereocenters. The normalized spacial score (nSPS) is 16.8. The van der Waals surface area contributed by atoms with Crippen LogP contribution in [0.25, 0.3) is 11.4 Å². The van der Waals surface area contributed by atoms with Crippen molar-refractivity contribution in [2.24, 2.45) is 0 Å². The molecule has 3 rings (SSSR count). The molecule has 2 aromatic heterocycles. The predicted octanol–water partition coefficient (Wildman–Crippen LogP) is 3.08. The first-order valence-electron chi connectivity index (χ1n) is 6.79. The van der Waals surface area contributed by atoms with Crippen LogP contribution in [0.1, 0.15) is 6.42 Å². The molecule has 23 heavy (non-hydrogen) atoms. The predicted molar refractivity (Wildman–Crippen MR) is 102 cm³/mol. The minimum absolute atomic E-state index is 0. The van der Waals surface area contributed by atoms with Gasteiger partial charge in [-0.2, -0.15) is 11.8 Å². The second-order valence-corrected chi connectivity index (χ2v) is 6.74. The number of aromatic nitrogens is 2. The smallest absolute Gasteiger partial charge is 0.227 e. The summed E-state index contributed by atoms with van der Waals surface area (Å²) in [5, 5.41) is 8.77. The third-order valence-electron chi connectivity index (χ3n) is 3.11. The molecule has 1 unspecified atom stereocenters. The molecule has 2 N–H and O–H groups in total. The lowest BCUT2D eigenvalue weighted by Gasteiger charge is -2.22. The SMILES string of the molecule is Cl.Cl.O=C(CC1CSCCN1)Nc1nc(-c2ccccn2)cs1. The molecule has 0 bridgehead atoms. The van der Waals surface area contributed by atoms with Crippen molar-refractivity contribution >= 4 is 59.0 Å². The highest BCUT2D eigenvalue weighted by molar-refractivity contribution is 7.99. The lowest BCUT2D eigenvalue weighted by Crippen LogP contribution is -2.39. The molecule has 126 valence electrons. The molecule has 0 spiro atoms. The van der Waals surface area contributed by atoms with Gasteiger partial charge in [0.1, 0.15) is 5.69 Å². The van der Waals surface area contributed by atoms with E-state index in [1.54, 1.807) is 6.20 Å². The van der Waals surface area contributed by atoms with Gasteiger partial charge < -0.3 is 10.6 Å². The first kappa shape index (κ1) is 20.2. The maximum absolute atomic E-state index is 12.0. The lowest BCUT2D eigenvalue weighted by atomic mass is 10.2. The van der Waals surface area contributed by atoms with Crippen molar-refractivity contribution in [3.8, 4) is 11.4 Å². The molecule has 1 fully saturated rings. The summed E-state index contributed by atoms with van der Waals surface area (Å²) in [5.74, 6) is 2.12. The van der Waals surface area contributed by atoms with Crippen LogP contribution in [0.4, 0.5) is 5.13 Å². The number of carbonyl (C=O) groups is 1. The van der Waals surface area contributed by atoms with Crippen LogP contribution < -0.4 is 10.6 Å². The molecule has 1 aliphatic heterocycles. The molecule has 0 radical (unpaired) electrons. The van der Waals surface area contributed by atoms with Crippen LogP contribution in [0.2, 0.25) is 0 Å². The average Bonchev–Trinajstić information content (AvgIpc) is 2.97. The highest BCUT2D eigenvalue weighted by Crippen LogP contribution is 2.23. The van der Waals surface area contributed by atoms with Crippen molar-refractivity contribution in [1.29, 1.82) is 0 Å². The number of rotatable bonds is 4. The Morgan fingerprint density at radius 3 is 2.91 bits per heavy atom. The summed E-state index contributed by atoms with van der Waals surface area (Å²) in [6.07, 6.45) is 2.23. The first-order chi connectivity index (χ1) is 10.3. The number of halogens is 2. The second-order valence-electron chi connectivity index (χ2n) is 4.73. The number of amides is 1. The van der Waals surface area contributed by atoms with Crippen LogP contribution in [0.15, 0.2) is 29.8 Å². The van der Waals surface area contributed by atoms with Gasteiger partial charge in [-0.05, 0) is 12.1 Å². The standard InChI is InChI=1S/C14H16N4OS2.2ClH/c19-13(7-10-8-20-6-5-15-10)18-14-17-12(9-21-14)11-3-1-2-4-16-11;;/h1-4,9-10,15H,5-8H2,(H,17,18,19);2*1H. The molecular formula is C14H18Cl2N4OS2. The Kier molecular flexibility index (Phi) is 8.86. The van der Waals surface area contributed by atoms with E-state index in [0.717, 1.165) is 29.4 Å². The molecule has 0 aliphatic carbocycles. The minimum atomic E-state index is 0. The number of carbonyl (C=O) groups excluding carboxylic acids is 1. The molecule has 1 aliphatic rings. The van der Waals surface area contributed by atoms with E-state index in [9.17, 15) is 4.79 Å². The van der Waals surface area contributed by atoms with Gasteiger partial charge in [-0.15, -0.1) is 36.2 Å². The molecule has 1 saturated heterocycles. The fourth-order valence-corrected chi connectivity index (χ4v) is 3.78. The van der Waals surface area contributed by atoms with Crippen molar-refractivity contribution in [1.82, 2.24) is 15.3 Å². The van der Waals surface area contributed by atoms with Gasteiger partial charge in [0.25, 0.3) is 0 Å². The van der Waals surface area contributed by atoms with Crippen LogP contribution >= 0.6 is 47.9 Å². The summed E-state index contributed by atoms with van der Waals surface area (Å²) in [5.41, 5.74) is 1.61. The molecular weight excluding hydrogens is 375 g/mol. The summed E-state index contributed by atoms with van der Waals surface area (Å²) in [6, 6.07) is 5.96. The van der Waals surface area contributed by atoms with Crippen molar-refractivity contribution in [3.63, 3.8) is 0 Å². The number of nitrogens with one attached hydrogen (secondary N) is 2. The number of anilines is 1. The van der Waals surface area contributed by atoms with Gasteiger partial charge in [0.05, 0.1) is 5.69 Å². The van der Waals surface area contributed by atoms with E-state index in [1.165, 1.54) is 11.3 Å². The van der Waals surface area contributed by atoms with Gasteiger partial charge in [-0.1, -0.05) is 6.07 Å². The van der Waals surface area contributed by atoms with E-state index in [4.69, 9.17) is 0 Å².